The van der Waals surface area contributed by atoms with Gasteiger partial charge in [0.15, 0.2) is 0 Å². The molecule has 0 fully saturated rings. The molecule has 0 aromatic heterocycles. The maximum Gasteiger partial charge on any atom is 0.123 e. The van der Waals surface area contributed by atoms with Gasteiger partial charge in [-0.3, -0.25) is 0 Å². The average Bonchev–Trinajstić information content (AvgIpc) is 2.40. The van der Waals surface area contributed by atoms with Crippen LogP contribution in [0.5, 0.6) is 5.75 Å². The number of para-hydroxylation sites is 1. The Bertz CT molecular complexity index is 570. The quantitative estimate of drug-likeness (QED) is 0.792. The Balaban J connectivity index is 2.17. The third kappa shape index (κ3) is 3.23. The van der Waals surface area contributed by atoms with Gasteiger partial charge in [0.1, 0.15) is 11.6 Å². The Labute approximate surface area is 111 Å². The van der Waals surface area contributed by atoms with E-state index in [0.29, 0.717) is 5.56 Å². The van der Waals surface area contributed by atoms with Crippen molar-refractivity contribution in [2.45, 2.75) is 19.6 Å². The van der Waals surface area contributed by atoms with E-state index < -0.39 is 11.9 Å². The second-order valence-corrected chi connectivity index (χ2v) is 4.39. The molecule has 0 spiro atoms. The molecule has 0 aliphatic carbocycles. The van der Waals surface area contributed by atoms with Gasteiger partial charge in [0, 0.05) is 23.4 Å². The largest absolute Gasteiger partial charge is 0.508 e. The van der Waals surface area contributed by atoms with E-state index in [1.54, 1.807) is 6.92 Å². The van der Waals surface area contributed by atoms with Gasteiger partial charge in [-0.15, -0.1) is 0 Å². The van der Waals surface area contributed by atoms with E-state index in [1.165, 1.54) is 18.2 Å². The van der Waals surface area contributed by atoms with Gasteiger partial charge in [0.25, 0.3) is 0 Å². The summed E-state index contributed by atoms with van der Waals surface area (Å²) >= 11 is 0. The molecule has 0 heterocycles. The molecule has 2 aromatic rings. The topological polar surface area (TPSA) is 52.5 Å². The van der Waals surface area contributed by atoms with Crippen molar-refractivity contribution in [3.63, 3.8) is 0 Å². The molecule has 3 nitrogen and oxygen atoms in total. The van der Waals surface area contributed by atoms with Crippen LogP contribution in [-0.4, -0.2) is 10.2 Å². The fourth-order valence-electron chi connectivity index (χ4n) is 1.91. The van der Waals surface area contributed by atoms with Gasteiger partial charge in [0.05, 0.1) is 6.10 Å². The van der Waals surface area contributed by atoms with E-state index in [9.17, 15) is 14.6 Å². The van der Waals surface area contributed by atoms with Crippen molar-refractivity contribution in [3.8, 4) is 5.75 Å². The Morgan fingerprint density at radius 2 is 1.95 bits per heavy atom. The molecule has 1 unspecified atom stereocenters. The number of hydrogen-bond donors (Lipinski definition) is 3. The third-order valence-electron chi connectivity index (χ3n) is 2.92. The number of nitrogens with one attached hydrogen (secondary N) is 1. The van der Waals surface area contributed by atoms with Gasteiger partial charge in [0.2, 0.25) is 0 Å². The normalized spacial score (nSPS) is 12.2. The van der Waals surface area contributed by atoms with Crippen LogP contribution in [0.3, 0.4) is 0 Å². The van der Waals surface area contributed by atoms with Crippen LogP contribution in [0.4, 0.5) is 10.1 Å². The summed E-state index contributed by atoms with van der Waals surface area (Å²) in [5, 5.41) is 22.4. The predicted molar refractivity (Wildman–Crippen MR) is 72.5 cm³/mol. The van der Waals surface area contributed by atoms with Gasteiger partial charge in [-0.2, -0.15) is 0 Å². The summed E-state index contributed by atoms with van der Waals surface area (Å²) in [6, 6.07) is 11.2. The van der Waals surface area contributed by atoms with Gasteiger partial charge < -0.3 is 15.5 Å². The van der Waals surface area contributed by atoms with Crippen LogP contribution < -0.4 is 5.32 Å². The van der Waals surface area contributed by atoms with Crippen LogP contribution in [0.25, 0.3) is 0 Å². The van der Waals surface area contributed by atoms with Crippen LogP contribution in [0.1, 0.15) is 24.2 Å². The predicted octanol–water partition coefficient (Wildman–Crippen LogP) is 3.20. The molecule has 2 aromatic carbocycles. The van der Waals surface area contributed by atoms with E-state index in [-0.39, 0.29) is 12.3 Å². The molecule has 0 aliphatic rings. The van der Waals surface area contributed by atoms with Crippen molar-refractivity contribution < 1.29 is 14.6 Å². The smallest absolute Gasteiger partial charge is 0.123 e. The minimum atomic E-state index is -0.593. The summed E-state index contributed by atoms with van der Waals surface area (Å²) in [6.07, 6.45) is -0.593. The van der Waals surface area contributed by atoms with Crippen LogP contribution in [-0.2, 0) is 6.54 Å². The van der Waals surface area contributed by atoms with Gasteiger partial charge >= 0.3 is 0 Å². The first-order valence-electron chi connectivity index (χ1n) is 6.06. The molecular weight excluding hydrogens is 245 g/mol. The highest BCUT2D eigenvalue weighted by atomic mass is 19.1. The molecule has 0 aliphatic heterocycles. The number of aliphatic hydroxyl groups is 1. The third-order valence-corrected chi connectivity index (χ3v) is 2.92. The number of halogens is 1. The summed E-state index contributed by atoms with van der Waals surface area (Å²) in [5.41, 5.74) is 2.00. The highest BCUT2D eigenvalue weighted by Gasteiger charge is 2.08. The molecule has 4 heteroatoms. The van der Waals surface area contributed by atoms with Crippen molar-refractivity contribution in [1.82, 2.24) is 0 Å². The lowest BCUT2D eigenvalue weighted by Gasteiger charge is -2.14. The first-order valence-corrected chi connectivity index (χ1v) is 6.06. The van der Waals surface area contributed by atoms with Crippen LogP contribution in [0.15, 0.2) is 42.5 Å². The Morgan fingerprint density at radius 3 is 2.68 bits per heavy atom. The zero-order valence-electron chi connectivity index (χ0n) is 10.6. The lowest BCUT2D eigenvalue weighted by atomic mass is 10.1. The maximum absolute atomic E-state index is 13.1. The van der Waals surface area contributed by atoms with Crippen molar-refractivity contribution in [2.24, 2.45) is 0 Å². The van der Waals surface area contributed by atoms with Gasteiger partial charge in [-0.1, -0.05) is 18.2 Å². The molecule has 0 bridgehead atoms. The first-order chi connectivity index (χ1) is 9.08. The number of benzene rings is 2. The van der Waals surface area contributed by atoms with Crippen LogP contribution in [0.2, 0.25) is 0 Å². The summed E-state index contributed by atoms with van der Waals surface area (Å²) < 4.78 is 13.1. The number of aromatic hydroxyl groups is 1. The molecular formula is C15H16FNO2. The molecule has 0 amide bonds. The molecule has 1 atom stereocenters. The summed E-state index contributed by atoms with van der Waals surface area (Å²) in [5.74, 6) is -0.346. The first kappa shape index (κ1) is 13.4. The van der Waals surface area contributed by atoms with Crippen molar-refractivity contribution >= 4 is 5.69 Å². The molecule has 19 heavy (non-hydrogen) atoms. The summed E-state index contributed by atoms with van der Waals surface area (Å²) in [4.78, 5) is 0. The van der Waals surface area contributed by atoms with E-state index in [1.807, 2.05) is 24.3 Å². The maximum atomic E-state index is 13.1. The van der Waals surface area contributed by atoms with Crippen LogP contribution >= 0.6 is 0 Å². The number of anilines is 1. The highest BCUT2D eigenvalue weighted by Crippen LogP contribution is 2.24. The minimum Gasteiger partial charge on any atom is -0.508 e. The Morgan fingerprint density at radius 1 is 1.21 bits per heavy atom. The summed E-state index contributed by atoms with van der Waals surface area (Å²) in [6.45, 7) is 1.97. The van der Waals surface area contributed by atoms with Crippen molar-refractivity contribution in [1.29, 1.82) is 0 Å². The molecule has 0 saturated heterocycles. The number of phenols is 1. The zero-order valence-corrected chi connectivity index (χ0v) is 10.6. The monoisotopic (exact) mass is 261 g/mol. The minimum absolute atomic E-state index is 0.0448. The molecule has 0 radical (unpaired) electrons. The number of phenolic OH excluding ortho intramolecular Hbond substituents is 1. The molecule has 100 valence electrons. The van der Waals surface area contributed by atoms with Crippen molar-refractivity contribution in [3.05, 3.63) is 59.4 Å². The van der Waals surface area contributed by atoms with E-state index in [0.717, 1.165) is 11.3 Å². The molecule has 2 rings (SSSR count). The fourth-order valence-corrected chi connectivity index (χ4v) is 1.91. The van der Waals surface area contributed by atoms with Crippen LogP contribution in [0, 0.1) is 5.82 Å². The van der Waals surface area contributed by atoms with Gasteiger partial charge in [-0.25, -0.2) is 4.39 Å². The lowest BCUT2D eigenvalue weighted by molar-refractivity contribution is 0.200. The summed E-state index contributed by atoms with van der Waals surface area (Å²) in [7, 11) is 0. The number of aliphatic hydroxyl groups excluding tert-OH is 1. The average molecular weight is 261 g/mol. The second kappa shape index (κ2) is 5.71. The highest BCUT2D eigenvalue weighted by molar-refractivity contribution is 5.52. The van der Waals surface area contributed by atoms with Crippen molar-refractivity contribution in [2.75, 3.05) is 5.32 Å². The lowest BCUT2D eigenvalue weighted by Crippen LogP contribution is -2.04. The Hall–Kier alpha value is -2.07. The molecule has 0 saturated carbocycles. The standard InChI is InChI=1S/C15H16FNO2/c1-10(18)13-4-2-3-5-14(13)17-9-11-8-12(16)6-7-15(11)19/h2-8,10,17-19H,9H2,1H3. The second-order valence-electron chi connectivity index (χ2n) is 4.39. The van der Waals surface area contributed by atoms with Gasteiger partial charge in [-0.05, 0) is 31.2 Å². The van der Waals surface area contributed by atoms with E-state index in [4.69, 9.17) is 0 Å². The number of hydrogen-bond acceptors (Lipinski definition) is 3. The fraction of sp³-hybridized carbons (Fsp3) is 0.200. The van der Waals surface area contributed by atoms with E-state index >= 15 is 0 Å². The Kier molecular flexibility index (Phi) is 4.02. The SMILES string of the molecule is CC(O)c1ccccc1NCc1cc(F)ccc1O. The number of rotatable bonds is 4. The molecule has 3 N–H and O–H groups in total. The zero-order chi connectivity index (χ0) is 13.8. The van der Waals surface area contributed by atoms with E-state index in [2.05, 4.69) is 5.32 Å².